The third kappa shape index (κ3) is 3.59. The lowest BCUT2D eigenvalue weighted by Gasteiger charge is -2.30. The average Bonchev–Trinajstić information content (AvgIpc) is 2.64. The summed E-state index contributed by atoms with van der Waals surface area (Å²) in [5.74, 6) is 0.817. The van der Waals surface area contributed by atoms with Gasteiger partial charge >= 0.3 is 0 Å². The van der Waals surface area contributed by atoms with Crippen LogP contribution in [0.2, 0.25) is 0 Å². The molecule has 2 rings (SSSR count). The summed E-state index contributed by atoms with van der Waals surface area (Å²) in [6.45, 7) is 10.8. The molecule has 1 aromatic heterocycles. The van der Waals surface area contributed by atoms with Crippen molar-refractivity contribution in [2.75, 3.05) is 18.0 Å². The monoisotopic (exact) mass is 274 g/mol. The fourth-order valence-electron chi connectivity index (χ4n) is 3.00. The summed E-state index contributed by atoms with van der Waals surface area (Å²) in [5, 5.41) is 0. The molecule has 1 fully saturated rings. The van der Waals surface area contributed by atoms with Crippen molar-refractivity contribution in [2.45, 2.75) is 47.0 Å². The van der Waals surface area contributed by atoms with Gasteiger partial charge in [-0.15, -0.1) is 0 Å². The molecule has 3 nitrogen and oxygen atoms in total. The lowest BCUT2D eigenvalue weighted by molar-refractivity contribution is 0.101. The molecule has 1 aliphatic heterocycles. The molecule has 0 aliphatic carbocycles. The molecule has 0 aromatic carbocycles. The Morgan fingerprint density at radius 2 is 2.00 bits per heavy atom. The first-order chi connectivity index (χ1) is 9.38. The number of nitrogens with zero attached hydrogens (tertiary/aromatic N) is 2. The number of hydrogen-bond donors (Lipinski definition) is 0. The minimum atomic E-state index is 0.0280. The van der Waals surface area contributed by atoms with Crippen LogP contribution >= 0.6 is 0 Å². The molecular weight excluding hydrogens is 248 g/mol. The molecular formula is C17H26N2O. The topological polar surface area (TPSA) is 33.2 Å². The van der Waals surface area contributed by atoms with Crippen molar-refractivity contribution < 1.29 is 4.79 Å². The van der Waals surface area contributed by atoms with E-state index in [1.807, 2.05) is 18.3 Å². The van der Waals surface area contributed by atoms with E-state index < -0.39 is 0 Å². The number of anilines is 1. The van der Waals surface area contributed by atoms with Crippen LogP contribution in [-0.2, 0) is 0 Å². The molecule has 3 heteroatoms. The minimum absolute atomic E-state index is 0.0280. The third-order valence-electron chi connectivity index (χ3n) is 4.43. The summed E-state index contributed by atoms with van der Waals surface area (Å²) in [5.41, 5.74) is 2.09. The second-order valence-corrected chi connectivity index (χ2v) is 6.94. The van der Waals surface area contributed by atoms with E-state index in [9.17, 15) is 4.79 Å². The summed E-state index contributed by atoms with van der Waals surface area (Å²) in [6, 6.07) is 3.87. The molecule has 1 aliphatic rings. The fraction of sp³-hybridized carbons (Fsp3) is 0.647. The Labute approximate surface area is 122 Å². The van der Waals surface area contributed by atoms with Crippen LogP contribution in [0.15, 0.2) is 18.3 Å². The molecule has 1 saturated heterocycles. The van der Waals surface area contributed by atoms with Crippen LogP contribution in [0.4, 0.5) is 5.69 Å². The van der Waals surface area contributed by atoms with Gasteiger partial charge in [-0.05, 0) is 42.7 Å². The first-order valence-electron chi connectivity index (χ1n) is 7.60. The lowest BCUT2D eigenvalue weighted by Crippen LogP contribution is -2.26. The van der Waals surface area contributed by atoms with E-state index in [1.54, 1.807) is 6.92 Å². The van der Waals surface area contributed by atoms with Crippen LogP contribution in [0, 0.1) is 11.3 Å². The molecule has 1 aromatic rings. The Bertz CT molecular complexity index is 459. The minimum Gasteiger partial charge on any atom is -0.370 e. The van der Waals surface area contributed by atoms with Crippen LogP contribution in [0.1, 0.15) is 57.4 Å². The van der Waals surface area contributed by atoms with Gasteiger partial charge in [0.2, 0.25) is 0 Å². The number of carbonyl (C=O) groups is 1. The van der Waals surface area contributed by atoms with Crippen molar-refractivity contribution in [3.05, 3.63) is 24.0 Å². The summed E-state index contributed by atoms with van der Waals surface area (Å²) in [7, 11) is 0. The van der Waals surface area contributed by atoms with Crippen molar-refractivity contribution >= 4 is 11.5 Å². The summed E-state index contributed by atoms with van der Waals surface area (Å²) >= 11 is 0. The van der Waals surface area contributed by atoms with E-state index in [-0.39, 0.29) is 5.78 Å². The predicted octanol–water partition coefficient (Wildman–Crippen LogP) is 3.94. The van der Waals surface area contributed by atoms with Crippen LogP contribution in [0.25, 0.3) is 0 Å². The number of pyridine rings is 1. The van der Waals surface area contributed by atoms with E-state index in [4.69, 9.17) is 0 Å². The highest BCUT2D eigenvalue weighted by molar-refractivity contribution is 5.92. The molecule has 0 saturated carbocycles. The molecule has 0 spiro atoms. The second-order valence-electron chi connectivity index (χ2n) is 6.94. The van der Waals surface area contributed by atoms with E-state index in [0.29, 0.717) is 11.1 Å². The molecule has 1 unspecified atom stereocenters. The summed E-state index contributed by atoms with van der Waals surface area (Å²) in [4.78, 5) is 17.9. The van der Waals surface area contributed by atoms with Crippen molar-refractivity contribution in [3.8, 4) is 0 Å². The van der Waals surface area contributed by atoms with Crippen LogP contribution < -0.4 is 4.90 Å². The fourth-order valence-corrected chi connectivity index (χ4v) is 3.00. The Hall–Kier alpha value is -1.38. The zero-order valence-corrected chi connectivity index (χ0v) is 13.1. The second kappa shape index (κ2) is 5.94. The third-order valence-corrected chi connectivity index (χ3v) is 4.43. The van der Waals surface area contributed by atoms with Gasteiger partial charge in [0.15, 0.2) is 5.78 Å². The quantitative estimate of drug-likeness (QED) is 0.766. The van der Waals surface area contributed by atoms with Crippen molar-refractivity contribution in [1.82, 2.24) is 4.98 Å². The van der Waals surface area contributed by atoms with Gasteiger partial charge in [-0.1, -0.05) is 20.8 Å². The van der Waals surface area contributed by atoms with Crippen molar-refractivity contribution in [3.63, 3.8) is 0 Å². The van der Waals surface area contributed by atoms with Gasteiger partial charge in [0.05, 0.1) is 11.9 Å². The first-order valence-corrected chi connectivity index (χ1v) is 7.60. The van der Waals surface area contributed by atoms with Gasteiger partial charge in [0.1, 0.15) is 5.69 Å². The highest BCUT2D eigenvalue weighted by Crippen LogP contribution is 2.35. The van der Waals surface area contributed by atoms with Gasteiger partial charge < -0.3 is 4.90 Å². The van der Waals surface area contributed by atoms with E-state index in [1.165, 1.54) is 19.3 Å². The maximum absolute atomic E-state index is 11.3. The number of ketones is 1. The molecule has 110 valence electrons. The average molecular weight is 274 g/mol. The first kappa shape index (κ1) is 15.0. The number of carbonyl (C=O) groups excluding carboxylic acids is 1. The Morgan fingerprint density at radius 1 is 1.25 bits per heavy atom. The van der Waals surface area contributed by atoms with Crippen molar-refractivity contribution in [2.24, 2.45) is 11.3 Å². The standard InChI is InChI=1S/C17H26N2O/c1-13(20)16-8-7-15(12-18-16)19-10-5-6-14(9-11-19)17(2,3)4/h7-8,12,14H,5-6,9-11H2,1-4H3. The molecule has 0 radical (unpaired) electrons. The molecule has 0 bridgehead atoms. The SMILES string of the molecule is CC(=O)c1ccc(N2CCCC(C(C)(C)C)CC2)cn1. The zero-order chi connectivity index (χ0) is 14.8. The molecule has 2 heterocycles. The molecule has 0 amide bonds. The largest absolute Gasteiger partial charge is 0.370 e. The maximum atomic E-state index is 11.3. The molecule has 1 atom stereocenters. The summed E-state index contributed by atoms with van der Waals surface area (Å²) in [6.07, 6.45) is 5.61. The lowest BCUT2D eigenvalue weighted by atomic mass is 9.77. The molecule has 20 heavy (non-hydrogen) atoms. The number of Topliss-reactive ketones (excluding diaryl/α,β-unsaturated/α-hetero) is 1. The van der Waals surface area contributed by atoms with Gasteiger partial charge in [-0.2, -0.15) is 0 Å². The number of rotatable bonds is 2. The predicted molar refractivity (Wildman–Crippen MR) is 83.3 cm³/mol. The van der Waals surface area contributed by atoms with Gasteiger partial charge in [-0.3, -0.25) is 9.78 Å². The van der Waals surface area contributed by atoms with E-state index in [0.717, 1.165) is 24.7 Å². The van der Waals surface area contributed by atoms with Gasteiger partial charge in [0.25, 0.3) is 0 Å². The van der Waals surface area contributed by atoms with E-state index >= 15 is 0 Å². The molecule has 0 N–H and O–H groups in total. The Kier molecular flexibility index (Phi) is 4.46. The van der Waals surface area contributed by atoms with Gasteiger partial charge in [-0.25, -0.2) is 0 Å². The van der Waals surface area contributed by atoms with Crippen LogP contribution in [0.3, 0.4) is 0 Å². The highest BCUT2D eigenvalue weighted by Gasteiger charge is 2.27. The van der Waals surface area contributed by atoms with Gasteiger partial charge in [0, 0.05) is 20.0 Å². The smallest absolute Gasteiger partial charge is 0.178 e. The maximum Gasteiger partial charge on any atom is 0.178 e. The Balaban J connectivity index is 2.05. The summed E-state index contributed by atoms with van der Waals surface area (Å²) < 4.78 is 0. The zero-order valence-electron chi connectivity index (χ0n) is 13.1. The Morgan fingerprint density at radius 3 is 2.55 bits per heavy atom. The number of aromatic nitrogens is 1. The highest BCUT2D eigenvalue weighted by atomic mass is 16.1. The van der Waals surface area contributed by atoms with Crippen LogP contribution in [-0.4, -0.2) is 23.9 Å². The van der Waals surface area contributed by atoms with Crippen molar-refractivity contribution in [1.29, 1.82) is 0 Å². The normalized spacial score (nSPS) is 20.6. The van der Waals surface area contributed by atoms with E-state index in [2.05, 4.69) is 30.7 Å². The van der Waals surface area contributed by atoms with Crippen LogP contribution in [0.5, 0.6) is 0 Å². The number of hydrogen-bond acceptors (Lipinski definition) is 3.